The van der Waals surface area contributed by atoms with Crippen LogP contribution in [0.25, 0.3) is 0 Å². The summed E-state index contributed by atoms with van der Waals surface area (Å²) in [7, 11) is -3.16. The number of rotatable bonds is 8. The predicted octanol–water partition coefficient (Wildman–Crippen LogP) is -1.36. The molecule has 0 aromatic heterocycles. The van der Waals surface area contributed by atoms with Crippen molar-refractivity contribution in [3.8, 4) is 0 Å². The monoisotopic (exact) mass is 207 g/mol. The lowest BCUT2D eigenvalue weighted by atomic mass is 10.6. The van der Waals surface area contributed by atoms with Crippen LogP contribution in [0.4, 0.5) is 0 Å². The Morgan fingerprint density at radius 3 is 2.54 bits per heavy atom. The minimum atomic E-state index is -3.16. The molecular weight excluding hydrogens is 190 g/mol. The molecule has 0 saturated carbocycles. The first-order chi connectivity index (χ1) is 6.12. The summed E-state index contributed by atoms with van der Waals surface area (Å²) in [5.41, 5.74) is 5.23. The molecule has 0 aromatic rings. The summed E-state index contributed by atoms with van der Waals surface area (Å²) in [4.78, 5) is 0. The Labute approximate surface area is 79.4 Å². The first kappa shape index (κ1) is 12.6. The van der Waals surface area contributed by atoms with Gasteiger partial charge in [0.15, 0.2) is 0 Å². The van der Waals surface area contributed by atoms with E-state index in [9.17, 15) is 8.42 Å². The summed E-state index contributed by atoms with van der Waals surface area (Å²) < 4.78 is 24.5. The zero-order valence-electron chi connectivity index (χ0n) is 7.62. The Bertz CT molecular complexity index is 226. The highest BCUT2D eigenvalue weighted by molar-refractivity contribution is 7.89. The molecule has 0 radical (unpaired) electrons. The average Bonchev–Trinajstić information content (AvgIpc) is 2.04. The maximum absolute atomic E-state index is 11.0. The minimum Gasteiger partial charge on any atom is -0.329 e. The van der Waals surface area contributed by atoms with Gasteiger partial charge in [-0.1, -0.05) is 6.08 Å². The topological polar surface area (TPSA) is 84.2 Å². The second-order valence-electron chi connectivity index (χ2n) is 2.50. The van der Waals surface area contributed by atoms with Gasteiger partial charge in [0.25, 0.3) is 0 Å². The maximum Gasteiger partial charge on any atom is 0.215 e. The number of nitrogens with one attached hydrogen (secondary N) is 2. The summed E-state index contributed by atoms with van der Waals surface area (Å²) in [6.07, 6.45) is 1.36. The van der Waals surface area contributed by atoms with Crippen LogP contribution in [0.15, 0.2) is 12.7 Å². The first-order valence-corrected chi connectivity index (χ1v) is 5.76. The average molecular weight is 207 g/mol. The standard InChI is InChI=1S/C7H17N3O2S/c1-2-7-13(11,12)10-6-5-9-4-3-8/h2,9-10H,1,3-8H2. The Hall–Kier alpha value is -0.430. The zero-order valence-corrected chi connectivity index (χ0v) is 8.44. The van der Waals surface area contributed by atoms with Crippen molar-refractivity contribution in [2.45, 2.75) is 0 Å². The van der Waals surface area contributed by atoms with E-state index >= 15 is 0 Å². The van der Waals surface area contributed by atoms with E-state index in [0.717, 1.165) is 0 Å². The fourth-order valence-corrected chi connectivity index (χ4v) is 1.58. The van der Waals surface area contributed by atoms with E-state index in [-0.39, 0.29) is 5.75 Å². The van der Waals surface area contributed by atoms with Gasteiger partial charge in [0.05, 0.1) is 5.75 Å². The van der Waals surface area contributed by atoms with Crippen LogP contribution < -0.4 is 15.8 Å². The fourth-order valence-electron chi connectivity index (χ4n) is 0.736. The maximum atomic E-state index is 11.0. The molecule has 0 aliphatic carbocycles. The third-order valence-electron chi connectivity index (χ3n) is 1.28. The van der Waals surface area contributed by atoms with Crippen molar-refractivity contribution >= 4 is 10.0 Å². The van der Waals surface area contributed by atoms with E-state index in [1.807, 2.05) is 0 Å². The molecule has 0 spiro atoms. The van der Waals surface area contributed by atoms with Crippen molar-refractivity contribution in [2.75, 3.05) is 31.9 Å². The molecule has 0 bridgehead atoms. The number of nitrogens with two attached hydrogens (primary N) is 1. The van der Waals surface area contributed by atoms with Gasteiger partial charge in [-0.15, -0.1) is 6.58 Å². The van der Waals surface area contributed by atoms with E-state index in [1.165, 1.54) is 6.08 Å². The highest BCUT2D eigenvalue weighted by atomic mass is 32.2. The van der Waals surface area contributed by atoms with E-state index in [2.05, 4.69) is 16.6 Å². The van der Waals surface area contributed by atoms with Crippen molar-refractivity contribution in [1.29, 1.82) is 0 Å². The van der Waals surface area contributed by atoms with Crippen LogP contribution in [0.2, 0.25) is 0 Å². The molecule has 0 saturated heterocycles. The Balaban J connectivity index is 3.46. The van der Waals surface area contributed by atoms with E-state index < -0.39 is 10.0 Å². The number of sulfonamides is 1. The summed E-state index contributed by atoms with van der Waals surface area (Å²) in [6.45, 7) is 5.58. The zero-order chi connectivity index (χ0) is 10.2. The van der Waals surface area contributed by atoms with Crippen molar-refractivity contribution < 1.29 is 8.42 Å². The molecule has 78 valence electrons. The normalized spacial score (nSPS) is 11.5. The van der Waals surface area contributed by atoms with E-state index in [1.54, 1.807) is 0 Å². The molecule has 0 atom stereocenters. The molecule has 13 heavy (non-hydrogen) atoms. The van der Waals surface area contributed by atoms with Crippen LogP contribution >= 0.6 is 0 Å². The van der Waals surface area contributed by atoms with Gasteiger partial charge in [0.1, 0.15) is 0 Å². The van der Waals surface area contributed by atoms with Gasteiger partial charge >= 0.3 is 0 Å². The molecule has 5 nitrogen and oxygen atoms in total. The molecule has 0 aliphatic heterocycles. The quantitative estimate of drug-likeness (QED) is 0.339. The SMILES string of the molecule is C=CCS(=O)(=O)NCCNCCN. The van der Waals surface area contributed by atoms with E-state index in [4.69, 9.17) is 5.73 Å². The van der Waals surface area contributed by atoms with Crippen LogP contribution in [0.3, 0.4) is 0 Å². The van der Waals surface area contributed by atoms with Gasteiger partial charge in [0, 0.05) is 26.2 Å². The molecule has 4 N–H and O–H groups in total. The molecule has 0 rings (SSSR count). The smallest absolute Gasteiger partial charge is 0.215 e. The summed E-state index contributed by atoms with van der Waals surface area (Å²) in [5, 5.41) is 2.97. The van der Waals surface area contributed by atoms with Crippen LogP contribution in [-0.4, -0.2) is 40.3 Å². The van der Waals surface area contributed by atoms with Gasteiger partial charge in [-0.25, -0.2) is 13.1 Å². The largest absolute Gasteiger partial charge is 0.329 e. The second-order valence-corrected chi connectivity index (χ2v) is 4.35. The molecule has 0 amide bonds. The molecule has 0 aliphatic rings. The summed E-state index contributed by atoms with van der Waals surface area (Å²) in [6, 6.07) is 0. The third kappa shape index (κ3) is 7.92. The Morgan fingerprint density at radius 2 is 2.00 bits per heavy atom. The lowest BCUT2D eigenvalue weighted by Crippen LogP contribution is -2.34. The van der Waals surface area contributed by atoms with Crippen molar-refractivity contribution in [2.24, 2.45) is 5.73 Å². The van der Waals surface area contributed by atoms with Crippen molar-refractivity contribution in [3.63, 3.8) is 0 Å². The highest BCUT2D eigenvalue weighted by Gasteiger charge is 2.04. The van der Waals surface area contributed by atoms with Gasteiger partial charge in [0.2, 0.25) is 10.0 Å². The first-order valence-electron chi connectivity index (χ1n) is 4.11. The predicted molar refractivity (Wildman–Crippen MR) is 53.9 cm³/mol. The van der Waals surface area contributed by atoms with Crippen molar-refractivity contribution in [3.05, 3.63) is 12.7 Å². The molecule has 0 aromatic carbocycles. The number of hydrogen-bond donors (Lipinski definition) is 3. The Kier molecular flexibility index (Phi) is 6.79. The van der Waals surface area contributed by atoms with E-state index in [0.29, 0.717) is 26.2 Å². The van der Waals surface area contributed by atoms with Gasteiger partial charge in [-0.3, -0.25) is 0 Å². The van der Waals surface area contributed by atoms with Gasteiger partial charge < -0.3 is 11.1 Å². The van der Waals surface area contributed by atoms with Crippen LogP contribution in [0.1, 0.15) is 0 Å². The Morgan fingerprint density at radius 1 is 1.31 bits per heavy atom. The fraction of sp³-hybridized carbons (Fsp3) is 0.714. The molecule has 0 heterocycles. The molecular formula is C7H17N3O2S. The van der Waals surface area contributed by atoms with Crippen molar-refractivity contribution in [1.82, 2.24) is 10.0 Å². The minimum absolute atomic E-state index is 0.0378. The van der Waals surface area contributed by atoms with Gasteiger partial charge in [-0.05, 0) is 0 Å². The van der Waals surface area contributed by atoms with Gasteiger partial charge in [-0.2, -0.15) is 0 Å². The molecule has 0 fully saturated rings. The lowest BCUT2D eigenvalue weighted by Gasteiger charge is -2.04. The number of hydrogen-bond acceptors (Lipinski definition) is 4. The second kappa shape index (κ2) is 7.02. The third-order valence-corrected chi connectivity index (χ3v) is 2.60. The molecule has 6 heteroatoms. The lowest BCUT2D eigenvalue weighted by molar-refractivity contribution is 0.579. The summed E-state index contributed by atoms with van der Waals surface area (Å²) >= 11 is 0. The van der Waals surface area contributed by atoms with Crippen LogP contribution in [0.5, 0.6) is 0 Å². The molecule has 0 unspecified atom stereocenters. The summed E-state index contributed by atoms with van der Waals surface area (Å²) in [5.74, 6) is -0.0378. The van der Waals surface area contributed by atoms with Crippen LogP contribution in [0, 0.1) is 0 Å². The highest BCUT2D eigenvalue weighted by Crippen LogP contribution is 1.82. The van der Waals surface area contributed by atoms with Crippen LogP contribution in [-0.2, 0) is 10.0 Å².